The molecule has 1 aromatic carbocycles. The molecule has 4 rings (SSSR count). The molecule has 0 saturated carbocycles. The molecule has 134 valence electrons. The summed E-state index contributed by atoms with van der Waals surface area (Å²) in [5.74, 6) is 1.39. The van der Waals surface area contributed by atoms with Crippen LogP contribution in [0.2, 0.25) is 0 Å². The number of benzene rings is 1. The zero-order valence-electron chi connectivity index (χ0n) is 15.0. The van der Waals surface area contributed by atoms with Gasteiger partial charge in [-0.15, -0.1) is 0 Å². The van der Waals surface area contributed by atoms with Gasteiger partial charge >= 0.3 is 0 Å². The predicted octanol–water partition coefficient (Wildman–Crippen LogP) is 3.04. The number of likely N-dealkylation sites (tertiary alicyclic amines) is 1. The minimum atomic E-state index is -0.0805. The van der Waals surface area contributed by atoms with Crippen molar-refractivity contribution >= 4 is 5.91 Å². The van der Waals surface area contributed by atoms with Gasteiger partial charge in [0.25, 0.3) is 5.91 Å². The molecule has 3 heterocycles. The highest BCUT2D eigenvalue weighted by Gasteiger charge is 2.33. The number of rotatable bonds is 4. The standard InChI is InChI=1S/C19H22N6O/c1-3-13-6-8-14(9-7-13)15-11-16(23-22-15)19(26)25-10-4-5-17(25)18-20-12(2)21-24-18/h6-9,11,17H,3-5,10H2,1-2H3,(H,22,23)(H,20,21,24)/t17-/m1/s1. The number of hydrogen-bond donors (Lipinski definition) is 2. The summed E-state index contributed by atoms with van der Waals surface area (Å²) in [6.07, 6.45) is 2.83. The molecule has 7 nitrogen and oxygen atoms in total. The van der Waals surface area contributed by atoms with Crippen molar-refractivity contribution in [2.75, 3.05) is 6.54 Å². The highest BCUT2D eigenvalue weighted by Crippen LogP contribution is 2.31. The Morgan fingerprint density at radius 2 is 2.04 bits per heavy atom. The lowest BCUT2D eigenvalue weighted by Crippen LogP contribution is -2.31. The van der Waals surface area contributed by atoms with Crippen LogP contribution >= 0.6 is 0 Å². The molecule has 0 aliphatic carbocycles. The molecular weight excluding hydrogens is 328 g/mol. The SMILES string of the molecule is CCc1ccc(-c2cc(C(=O)N3CCC[C@@H]3c3n[nH]c(C)n3)[nH]n2)cc1. The third kappa shape index (κ3) is 3.00. The van der Waals surface area contributed by atoms with Crippen molar-refractivity contribution in [2.45, 2.75) is 39.2 Å². The Hall–Kier alpha value is -2.96. The number of nitrogens with one attached hydrogen (secondary N) is 2. The van der Waals surface area contributed by atoms with E-state index in [0.717, 1.165) is 36.3 Å². The number of carbonyl (C=O) groups excluding carboxylic acids is 1. The number of carbonyl (C=O) groups is 1. The van der Waals surface area contributed by atoms with E-state index in [0.29, 0.717) is 18.1 Å². The van der Waals surface area contributed by atoms with Crippen molar-refractivity contribution in [3.8, 4) is 11.3 Å². The first-order chi connectivity index (χ1) is 12.7. The lowest BCUT2D eigenvalue weighted by atomic mass is 10.1. The molecule has 0 radical (unpaired) electrons. The predicted molar refractivity (Wildman–Crippen MR) is 97.5 cm³/mol. The summed E-state index contributed by atoms with van der Waals surface area (Å²) in [7, 11) is 0. The highest BCUT2D eigenvalue weighted by molar-refractivity contribution is 5.93. The van der Waals surface area contributed by atoms with E-state index in [9.17, 15) is 4.79 Å². The Balaban J connectivity index is 1.55. The van der Waals surface area contributed by atoms with E-state index in [1.807, 2.05) is 30.0 Å². The van der Waals surface area contributed by atoms with E-state index in [-0.39, 0.29) is 11.9 Å². The topological polar surface area (TPSA) is 90.6 Å². The number of H-pyrrole nitrogens is 2. The minimum absolute atomic E-state index is 0.0566. The lowest BCUT2D eigenvalue weighted by molar-refractivity contribution is 0.0724. The summed E-state index contributed by atoms with van der Waals surface area (Å²) in [4.78, 5) is 19.2. The van der Waals surface area contributed by atoms with Gasteiger partial charge in [0.2, 0.25) is 0 Å². The molecule has 1 fully saturated rings. The average Bonchev–Trinajstić information content (AvgIpc) is 3.41. The van der Waals surface area contributed by atoms with Gasteiger partial charge in [0.1, 0.15) is 11.5 Å². The van der Waals surface area contributed by atoms with Gasteiger partial charge in [0.05, 0.1) is 11.7 Å². The summed E-state index contributed by atoms with van der Waals surface area (Å²) in [5.41, 5.74) is 3.56. The Labute approximate surface area is 151 Å². The first-order valence-electron chi connectivity index (χ1n) is 9.00. The minimum Gasteiger partial charge on any atom is -0.327 e. The van der Waals surface area contributed by atoms with Gasteiger partial charge in [-0.3, -0.25) is 15.0 Å². The molecule has 26 heavy (non-hydrogen) atoms. The van der Waals surface area contributed by atoms with E-state index in [2.05, 4.69) is 44.4 Å². The van der Waals surface area contributed by atoms with E-state index in [1.54, 1.807) is 0 Å². The number of nitrogens with zero attached hydrogens (tertiary/aromatic N) is 4. The third-order valence-corrected chi connectivity index (χ3v) is 4.89. The van der Waals surface area contributed by atoms with Crippen LogP contribution in [0.1, 0.15) is 53.5 Å². The van der Waals surface area contributed by atoms with E-state index < -0.39 is 0 Å². The molecule has 1 atom stereocenters. The molecule has 2 aromatic heterocycles. The normalized spacial score (nSPS) is 17.0. The maximum absolute atomic E-state index is 13.0. The molecular formula is C19H22N6O. The Morgan fingerprint density at radius 1 is 1.23 bits per heavy atom. The number of hydrogen-bond acceptors (Lipinski definition) is 4. The lowest BCUT2D eigenvalue weighted by Gasteiger charge is -2.21. The summed E-state index contributed by atoms with van der Waals surface area (Å²) < 4.78 is 0. The Morgan fingerprint density at radius 3 is 2.73 bits per heavy atom. The molecule has 1 saturated heterocycles. The van der Waals surface area contributed by atoms with Gasteiger partial charge in [-0.25, -0.2) is 4.98 Å². The zero-order valence-corrected chi connectivity index (χ0v) is 15.0. The molecule has 0 spiro atoms. The first-order valence-corrected chi connectivity index (χ1v) is 9.00. The molecule has 1 amide bonds. The van der Waals surface area contributed by atoms with Crippen LogP contribution in [0.5, 0.6) is 0 Å². The largest absolute Gasteiger partial charge is 0.327 e. The second-order valence-electron chi connectivity index (χ2n) is 6.65. The van der Waals surface area contributed by atoms with Crippen LogP contribution < -0.4 is 0 Å². The number of amides is 1. The number of aromatic nitrogens is 5. The van der Waals surface area contributed by atoms with Crippen molar-refractivity contribution < 1.29 is 4.79 Å². The van der Waals surface area contributed by atoms with Crippen molar-refractivity contribution in [3.05, 3.63) is 53.2 Å². The quantitative estimate of drug-likeness (QED) is 0.757. The molecule has 1 aliphatic rings. The molecule has 2 N–H and O–H groups in total. The van der Waals surface area contributed by atoms with Crippen LogP contribution in [0.3, 0.4) is 0 Å². The fraction of sp³-hybridized carbons (Fsp3) is 0.368. The molecule has 3 aromatic rings. The average molecular weight is 350 g/mol. The van der Waals surface area contributed by atoms with E-state index in [1.165, 1.54) is 5.56 Å². The van der Waals surface area contributed by atoms with Gasteiger partial charge in [0.15, 0.2) is 5.82 Å². The monoisotopic (exact) mass is 350 g/mol. The Kier molecular flexibility index (Phi) is 4.28. The summed E-state index contributed by atoms with van der Waals surface area (Å²) in [5, 5.41) is 14.3. The van der Waals surface area contributed by atoms with Gasteiger partial charge in [0, 0.05) is 12.1 Å². The summed E-state index contributed by atoms with van der Waals surface area (Å²) in [6, 6.07) is 10.0. The maximum Gasteiger partial charge on any atom is 0.272 e. The fourth-order valence-corrected chi connectivity index (χ4v) is 3.43. The van der Waals surface area contributed by atoms with Gasteiger partial charge in [-0.2, -0.15) is 10.2 Å². The van der Waals surface area contributed by atoms with E-state index in [4.69, 9.17) is 0 Å². The van der Waals surface area contributed by atoms with Crippen LogP contribution in [-0.4, -0.2) is 42.7 Å². The molecule has 7 heteroatoms. The maximum atomic E-state index is 13.0. The van der Waals surface area contributed by atoms with Crippen LogP contribution in [0.15, 0.2) is 30.3 Å². The third-order valence-electron chi connectivity index (χ3n) is 4.89. The second-order valence-corrected chi connectivity index (χ2v) is 6.65. The van der Waals surface area contributed by atoms with Crippen LogP contribution in [0.25, 0.3) is 11.3 Å². The van der Waals surface area contributed by atoms with Crippen LogP contribution in [-0.2, 0) is 6.42 Å². The summed E-state index contributed by atoms with van der Waals surface area (Å²) in [6.45, 7) is 4.70. The fourth-order valence-electron chi connectivity index (χ4n) is 3.43. The molecule has 1 aliphatic heterocycles. The van der Waals surface area contributed by atoms with Crippen LogP contribution in [0, 0.1) is 6.92 Å². The highest BCUT2D eigenvalue weighted by atomic mass is 16.2. The van der Waals surface area contributed by atoms with Gasteiger partial charge < -0.3 is 4.90 Å². The van der Waals surface area contributed by atoms with Gasteiger partial charge in [-0.05, 0) is 37.8 Å². The first kappa shape index (κ1) is 16.5. The van der Waals surface area contributed by atoms with Gasteiger partial charge in [-0.1, -0.05) is 31.2 Å². The van der Waals surface area contributed by atoms with Crippen molar-refractivity contribution in [1.82, 2.24) is 30.3 Å². The smallest absolute Gasteiger partial charge is 0.272 e. The van der Waals surface area contributed by atoms with E-state index >= 15 is 0 Å². The molecule has 0 unspecified atom stereocenters. The summed E-state index contributed by atoms with van der Waals surface area (Å²) >= 11 is 0. The second kappa shape index (κ2) is 6.74. The number of aromatic amines is 2. The Bertz CT molecular complexity index is 910. The van der Waals surface area contributed by atoms with Crippen molar-refractivity contribution in [3.63, 3.8) is 0 Å². The van der Waals surface area contributed by atoms with Crippen molar-refractivity contribution in [2.24, 2.45) is 0 Å². The van der Waals surface area contributed by atoms with Crippen molar-refractivity contribution in [1.29, 1.82) is 0 Å². The molecule has 0 bridgehead atoms. The van der Waals surface area contributed by atoms with Crippen LogP contribution in [0.4, 0.5) is 0 Å². The number of aryl methyl sites for hydroxylation is 2. The zero-order chi connectivity index (χ0) is 18.1.